The Morgan fingerprint density at radius 2 is 1.94 bits per heavy atom. The van der Waals surface area contributed by atoms with Gasteiger partial charge >= 0.3 is 11.9 Å². The SMILES string of the molecule is CC(C(=O)O)=C(CC(=O)O)C1CC2C=CC1C2. The minimum absolute atomic E-state index is 0.109. The summed E-state index contributed by atoms with van der Waals surface area (Å²) < 4.78 is 0. The summed E-state index contributed by atoms with van der Waals surface area (Å²) in [6.45, 7) is 1.51. The molecule has 2 rings (SSSR count). The Balaban J connectivity index is 2.28. The summed E-state index contributed by atoms with van der Waals surface area (Å²) in [5.41, 5.74) is 0.806. The standard InChI is InChI=1S/C13H16O4/c1-7(13(16)17)10(6-12(14)15)11-5-8-2-3-9(11)4-8/h2-3,8-9,11H,4-6H2,1H3,(H,14,15)(H,16,17). The molecule has 0 amide bonds. The molecule has 4 nitrogen and oxygen atoms in total. The smallest absolute Gasteiger partial charge is 0.331 e. The van der Waals surface area contributed by atoms with Crippen molar-refractivity contribution in [2.75, 3.05) is 0 Å². The molecule has 0 aromatic heterocycles. The Bertz CT molecular complexity index is 419. The van der Waals surface area contributed by atoms with Crippen LogP contribution in [0.3, 0.4) is 0 Å². The summed E-state index contributed by atoms with van der Waals surface area (Å²) in [5, 5.41) is 17.9. The first kappa shape index (κ1) is 11.9. The van der Waals surface area contributed by atoms with Crippen LogP contribution in [0.2, 0.25) is 0 Å². The monoisotopic (exact) mass is 236 g/mol. The van der Waals surface area contributed by atoms with E-state index in [4.69, 9.17) is 10.2 Å². The van der Waals surface area contributed by atoms with Gasteiger partial charge in [-0.2, -0.15) is 0 Å². The van der Waals surface area contributed by atoms with Crippen molar-refractivity contribution in [1.82, 2.24) is 0 Å². The number of carboxylic acid groups (broad SMARTS) is 2. The van der Waals surface area contributed by atoms with E-state index in [9.17, 15) is 9.59 Å². The molecule has 0 heterocycles. The van der Waals surface area contributed by atoms with Crippen molar-refractivity contribution in [3.63, 3.8) is 0 Å². The van der Waals surface area contributed by atoms with Gasteiger partial charge in [-0.3, -0.25) is 4.79 Å². The molecule has 17 heavy (non-hydrogen) atoms. The van der Waals surface area contributed by atoms with Gasteiger partial charge in [0.15, 0.2) is 0 Å². The van der Waals surface area contributed by atoms with Gasteiger partial charge in [0.1, 0.15) is 0 Å². The minimum Gasteiger partial charge on any atom is -0.481 e. The highest BCUT2D eigenvalue weighted by molar-refractivity contribution is 5.88. The lowest BCUT2D eigenvalue weighted by atomic mass is 9.82. The Kier molecular flexibility index (Phi) is 3.05. The van der Waals surface area contributed by atoms with Crippen LogP contribution in [0.25, 0.3) is 0 Å². The molecule has 2 aliphatic rings. The number of rotatable bonds is 4. The topological polar surface area (TPSA) is 74.6 Å². The minimum atomic E-state index is -1.01. The number of fused-ring (bicyclic) bond motifs is 2. The van der Waals surface area contributed by atoms with Crippen molar-refractivity contribution in [3.8, 4) is 0 Å². The van der Waals surface area contributed by atoms with Crippen molar-refractivity contribution < 1.29 is 19.8 Å². The second-order valence-corrected chi connectivity index (χ2v) is 4.91. The van der Waals surface area contributed by atoms with Crippen LogP contribution in [0, 0.1) is 17.8 Å². The maximum Gasteiger partial charge on any atom is 0.331 e. The van der Waals surface area contributed by atoms with Crippen molar-refractivity contribution in [3.05, 3.63) is 23.3 Å². The molecule has 0 aromatic rings. The summed E-state index contributed by atoms with van der Waals surface area (Å²) >= 11 is 0. The summed E-state index contributed by atoms with van der Waals surface area (Å²) in [7, 11) is 0. The van der Waals surface area contributed by atoms with Gasteiger partial charge in [0.2, 0.25) is 0 Å². The van der Waals surface area contributed by atoms with E-state index >= 15 is 0 Å². The van der Waals surface area contributed by atoms with Crippen LogP contribution in [-0.2, 0) is 9.59 Å². The van der Waals surface area contributed by atoms with Gasteiger partial charge in [-0.1, -0.05) is 12.2 Å². The van der Waals surface area contributed by atoms with Crippen LogP contribution in [0.5, 0.6) is 0 Å². The molecular formula is C13H16O4. The average molecular weight is 236 g/mol. The number of carbonyl (C=O) groups is 2. The van der Waals surface area contributed by atoms with E-state index in [0.29, 0.717) is 17.4 Å². The molecule has 0 radical (unpaired) electrons. The molecule has 0 saturated heterocycles. The number of carboxylic acids is 2. The van der Waals surface area contributed by atoms with Gasteiger partial charge < -0.3 is 10.2 Å². The molecule has 3 atom stereocenters. The van der Waals surface area contributed by atoms with Crippen LogP contribution >= 0.6 is 0 Å². The first-order chi connectivity index (χ1) is 7.99. The zero-order chi connectivity index (χ0) is 12.6. The van der Waals surface area contributed by atoms with E-state index in [2.05, 4.69) is 12.2 Å². The molecule has 2 aliphatic carbocycles. The van der Waals surface area contributed by atoms with Crippen LogP contribution in [-0.4, -0.2) is 22.2 Å². The van der Waals surface area contributed by atoms with E-state index in [0.717, 1.165) is 12.8 Å². The van der Waals surface area contributed by atoms with Crippen molar-refractivity contribution in [2.45, 2.75) is 26.2 Å². The fourth-order valence-corrected chi connectivity index (χ4v) is 3.02. The highest BCUT2D eigenvalue weighted by atomic mass is 16.4. The normalized spacial score (nSPS) is 31.5. The van der Waals surface area contributed by atoms with Gasteiger partial charge in [0.25, 0.3) is 0 Å². The van der Waals surface area contributed by atoms with E-state index in [1.165, 1.54) is 6.92 Å². The molecule has 92 valence electrons. The second-order valence-electron chi connectivity index (χ2n) is 4.91. The lowest BCUT2D eigenvalue weighted by molar-refractivity contribution is -0.136. The predicted molar refractivity (Wildman–Crippen MR) is 61.4 cm³/mol. The molecular weight excluding hydrogens is 220 g/mol. The number of aliphatic carboxylic acids is 2. The molecule has 2 bridgehead atoms. The van der Waals surface area contributed by atoms with Crippen molar-refractivity contribution >= 4 is 11.9 Å². The molecule has 0 aliphatic heterocycles. The maximum atomic E-state index is 11.0. The summed E-state index contributed by atoms with van der Waals surface area (Å²) in [6.07, 6.45) is 6.06. The van der Waals surface area contributed by atoms with Gasteiger partial charge in [-0.25, -0.2) is 4.79 Å². The summed E-state index contributed by atoms with van der Waals surface area (Å²) in [5.74, 6) is -1.00. The summed E-state index contributed by atoms with van der Waals surface area (Å²) in [4.78, 5) is 21.9. The third-order valence-electron chi connectivity index (χ3n) is 3.87. The molecule has 2 N–H and O–H groups in total. The van der Waals surface area contributed by atoms with E-state index in [-0.39, 0.29) is 17.9 Å². The highest BCUT2D eigenvalue weighted by Gasteiger charge is 2.39. The average Bonchev–Trinajstić information content (AvgIpc) is 2.85. The molecule has 1 fully saturated rings. The van der Waals surface area contributed by atoms with Crippen LogP contribution in [0.1, 0.15) is 26.2 Å². The van der Waals surface area contributed by atoms with Crippen molar-refractivity contribution in [2.24, 2.45) is 17.8 Å². The highest BCUT2D eigenvalue weighted by Crippen LogP contribution is 2.48. The lowest BCUT2D eigenvalue weighted by Crippen LogP contribution is -2.17. The van der Waals surface area contributed by atoms with E-state index < -0.39 is 11.9 Å². The van der Waals surface area contributed by atoms with Crippen molar-refractivity contribution in [1.29, 1.82) is 0 Å². The fraction of sp³-hybridized carbons (Fsp3) is 0.538. The van der Waals surface area contributed by atoms with Gasteiger partial charge in [0, 0.05) is 5.57 Å². The number of hydrogen-bond acceptors (Lipinski definition) is 2. The second kappa shape index (κ2) is 4.35. The predicted octanol–water partition coefficient (Wildman–Crippen LogP) is 2.07. The molecule has 4 heteroatoms. The van der Waals surface area contributed by atoms with E-state index in [1.54, 1.807) is 0 Å². The van der Waals surface area contributed by atoms with E-state index in [1.807, 2.05) is 0 Å². The Morgan fingerprint density at radius 1 is 1.24 bits per heavy atom. The van der Waals surface area contributed by atoms with Gasteiger partial charge in [-0.05, 0) is 43.1 Å². The largest absolute Gasteiger partial charge is 0.481 e. The van der Waals surface area contributed by atoms with Crippen LogP contribution in [0.15, 0.2) is 23.3 Å². The Morgan fingerprint density at radius 3 is 2.35 bits per heavy atom. The first-order valence-corrected chi connectivity index (χ1v) is 5.82. The number of hydrogen-bond donors (Lipinski definition) is 2. The Labute approximate surface area is 99.6 Å². The zero-order valence-electron chi connectivity index (χ0n) is 9.72. The zero-order valence-corrected chi connectivity index (χ0v) is 9.72. The number of allylic oxidation sites excluding steroid dienone is 2. The van der Waals surface area contributed by atoms with Gasteiger partial charge in [0.05, 0.1) is 6.42 Å². The quantitative estimate of drug-likeness (QED) is 0.579. The molecule has 0 aromatic carbocycles. The lowest BCUT2D eigenvalue weighted by Gasteiger charge is -2.22. The maximum absolute atomic E-state index is 11.0. The molecule has 0 spiro atoms. The third kappa shape index (κ3) is 2.25. The van der Waals surface area contributed by atoms with Gasteiger partial charge in [-0.15, -0.1) is 0 Å². The third-order valence-corrected chi connectivity index (χ3v) is 3.87. The molecule has 1 saturated carbocycles. The van der Waals surface area contributed by atoms with Crippen LogP contribution < -0.4 is 0 Å². The fourth-order valence-electron chi connectivity index (χ4n) is 3.02. The Hall–Kier alpha value is -1.58. The van der Waals surface area contributed by atoms with Crippen LogP contribution in [0.4, 0.5) is 0 Å². The summed E-state index contributed by atoms with van der Waals surface area (Å²) in [6, 6.07) is 0. The first-order valence-electron chi connectivity index (χ1n) is 5.82. The molecule has 3 unspecified atom stereocenters.